The summed E-state index contributed by atoms with van der Waals surface area (Å²) in [5.41, 5.74) is 1.15. The Kier molecular flexibility index (Phi) is 4.47. The van der Waals surface area contributed by atoms with Crippen molar-refractivity contribution < 1.29 is 4.79 Å². The van der Waals surface area contributed by atoms with Crippen LogP contribution >= 0.6 is 34.7 Å². The summed E-state index contributed by atoms with van der Waals surface area (Å²) in [5.74, 6) is 0.832. The Labute approximate surface area is 136 Å². The molecule has 0 unspecified atom stereocenters. The van der Waals surface area contributed by atoms with Gasteiger partial charge in [0.15, 0.2) is 4.34 Å². The first-order valence-corrected chi connectivity index (χ1v) is 8.82. The lowest BCUT2D eigenvalue weighted by Crippen LogP contribution is -2.30. The standard InChI is InChI=1S/C14H14ClN3OS2/c1-9(19)18(12-5-6-12)13-16-17-14(21-13)20-8-10-3-2-4-11(15)7-10/h2-4,7,12H,5-6,8H2,1H3. The van der Waals surface area contributed by atoms with Crippen LogP contribution in [0, 0.1) is 0 Å². The first-order chi connectivity index (χ1) is 10.1. The van der Waals surface area contributed by atoms with Crippen molar-refractivity contribution >= 4 is 45.7 Å². The van der Waals surface area contributed by atoms with Crippen molar-refractivity contribution in [2.75, 3.05) is 4.90 Å². The molecule has 2 aromatic rings. The number of thioether (sulfide) groups is 1. The van der Waals surface area contributed by atoms with Gasteiger partial charge in [-0.1, -0.05) is 46.8 Å². The molecule has 7 heteroatoms. The molecule has 0 saturated heterocycles. The van der Waals surface area contributed by atoms with Gasteiger partial charge in [-0.25, -0.2) is 0 Å². The third kappa shape index (κ3) is 3.75. The molecule has 0 radical (unpaired) electrons. The summed E-state index contributed by atoms with van der Waals surface area (Å²) in [4.78, 5) is 13.5. The largest absolute Gasteiger partial charge is 0.284 e. The van der Waals surface area contributed by atoms with E-state index < -0.39 is 0 Å². The van der Waals surface area contributed by atoms with Crippen molar-refractivity contribution in [1.82, 2.24) is 10.2 Å². The minimum atomic E-state index is 0.0417. The Morgan fingerprint density at radius 1 is 1.48 bits per heavy atom. The van der Waals surface area contributed by atoms with Gasteiger partial charge in [-0.2, -0.15) is 0 Å². The molecule has 21 heavy (non-hydrogen) atoms. The Bertz CT molecular complexity index is 657. The fourth-order valence-corrected chi connectivity index (χ4v) is 4.12. The molecule has 3 rings (SSSR count). The zero-order valence-corrected chi connectivity index (χ0v) is 13.8. The number of carbonyl (C=O) groups excluding carboxylic acids is 1. The van der Waals surface area contributed by atoms with Crippen LogP contribution in [0.4, 0.5) is 5.13 Å². The molecule has 1 fully saturated rings. The number of anilines is 1. The lowest BCUT2D eigenvalue weighted by atomic mass is 10.2. The Morgan fingerprint density at radius 3 is 2.95 bits per heavy atom. The Morgan fingerprint density at radius 2 is 2.29 bits per heavy atom. The monoisotopic (exact) mass is 339 g/mol. The van der Waals surface area contributed by atoms with Crippen LogP contribution in [0.5, 0.6) is 0 Å². The quantitative estimate of drug-likeness (QED) is 0.610. The minimum Gasteiger partial charge on any atom is -0.284 e. The van der Waals surface area contributed by atoms with Crippen molar-refractivity contribution in [3.8, 4) is 0 Å². The van der Waals surface area contributed by atoms with Gasteiger partial charge in [0.25, 0.3) is 0 Å². The SMILES string of the molecule is CC(=O)N(c1nnc(SCc2cccc(Cl)c2)s1)C1CC1. The van der Waals surface area contributed by atoms with Crippen LogP contribution in [0.2, 0.25) is 5.02 Å². The molecule has 1 aliphatic carbocycles. The van der Waals surface area contributed by atoms with Crippen molar-refractivity contribution in [3.63, 3.8) is 0 Å². The third-order valence-corrected chi connectivity index (χ3v) is 5.47. The second-order valence-electron chi connectivity index (χ2n) is 4.89. The summed E-state index contributed by atoms with van der Waals surface area (Å²) >= 11 is 9.06. The maximum Gasteiger partial charge on any atom is 0.225 e. The molecule has 1 amide bonds. The van der Waals surface area contributed by atoms with E-state index in [0.29, 0.717) is 11.2 Å². The minimum absolute atomic E-state index is 0.0417. The van der Waals surface area contributed by atoms with Crippen molar-refractivity contribution in [3.05, 3.63) is 34.9 Å². The Balaban J connectivity index is 1.66. The lowest BCUT2D eigenvalue weighted by molar-refractivity contribution is -0.116. The van der Waals surface area contributed by atoms with E-state index in [9.17, 15) is 4.79 Å². The average Bonchev–Trinajstić information content (AvgIpc) is 3.15. The summed E-state index contributed by atoms with van der Waals surface area (Å²) < 4.78 is 0.872. The molecule has 0 bridgehead atoms. The second-order valence-corrected chi connectivity index (χ2v) is 7.50. The van der Waals surface area contributed by atoms with E-state index in [1.54, 1.807) is 23.6 Å². The van der Waals surface area contributed by atoms with Crippen molar-refractivity contribution in [2.24, 2.45) is 0 Å². The molecule has 0 spiro atoms. The highest BCUT2D eigenvalue weighted by Crippen LogP contribution is 2.36. The van der Waals surface area contributed by atoms with Crippen LogP contribution in [0.25, 0.3) is 0 Å². The number of aromatic nitrogens is 2. The maximum atomic E-state index is 11.7. The summed E-state index contributed by atoms with van der Waals surface area (Å²) in [7, 11) is 0. The second kappa shape index (κ2) is 6.34. The lowest BCUT2D eigenvalue weighted by Gasteiger charge is -2.15. The number of amides is 1. The van der Waals surface area contributed by atoms with Gasteiger partial charge < -0.3 is 0 Å². The molecule has 1 aromatic heterocycles. The molecule has 0 N–H and O–H groups in total. The van der Waals surface area contributed by atoms with Gasteiger partial charge in [-0.3, -0.25) is 9.69 Å². The highest BCUT2D eigenvalue weighted by molar-refractivity contribution is 8.00. The van der Waals surface area contributed by atoms with E-state index >= 15 is 0 Å². The van der Waals surface area contributed by atoms with Crippen LogP contribution in [-0.2, 0) is 10.5 Å². The normalized spacial score (nSPS) is 14.2. The first-order valence-electron chi connectivity index (χ1n) is 6.64. The van der Waals surface area contributed by atoms with Gasteiger partial charge in [-0.15, -0.1) is 10.2 Å². The molecule has 1 heterocycles. The summed E-state index contributed by atoms with van der Waals surface area (Å²) in [6.07, 6.45) is 2.12. The van der Waals surface area contributed by atoms with Crippen LogP contribution in [0.15, 0.2) is 28.6 Å². The highest BCUT2D eigenvalue weighted by atomic mass is 35.5. The number of halogens is 1. The zero-order chi connectivity index (χ0) is 14.8. The number of benzene rings is 1. The van der Waals surface area contributed by atoms with Gasteiger partial charge in [0.05, 0.1) is 0 Å². The van der Waals surface area contributed by atoms with E-state index in [-0.39, 0.29) is 5.91 Å². The van der Waals surface area contributed by atoms with Gasteiger partial charge in [0.2, 0.25) is 11.0 Å². The number of hydrogen-bond acceptors (Lipinski definition) is 5. The van der Waals surface area contributed by atoms with E-state index in [2.05, 4.69) is 10.2 Å². The van der Waals surface area contributed by atoms with Crippen LogP contribution in [0.1, 0.15) is 25.3 Å². The fraction of sp³-hybridized carbons (Fsp3) is 0.357. The molecule has 1 aliphatic rings. The Hall–Kier alpha value is -1.11. The predicted octanol–water partition coefficient (Wildman–Crippen LogP) is 4.00. The fourth-order valence-electron chi connectivity index (χ4n) is 2.01. The van der Waals surface area contributed by atoms with E-state index in [4.69, 9.17) is 11.6 Å². The first kappa shape index (κ1) is 14.8. The molecule has 4 nitrogen and oxygen atoms in total. The van der Waals surface area contributed by atoms with E-state index in [1.165, 1.54) is 11.3 Å². The topological polar surface area (TPSA) is 46.1 Å². The molecule has 0 aliphatic heterocycles. The summed E-state index contributed by atoms with van der Waals surface area (Å²) in [6, 6.07) is 8.10. The highest BCUT2D eigenvalue weighted by Gasteiger charge is 2.34. The molecular weight excluding hydrogens is 326 g/mol. The molecule has 110 valence electrons. The van der Waals surface area contributed by atoms with Crippen LogP contribution in [-0.4, -0.2) is 22.1 Å². The maximum absolute atomic E-state index is 11.7. The molecular formula is C14H14ClN3OS2. The average molecular weight is 340 g/mol. The van der Waals surface area contributed by atoms with Gasteiger partial charge >= 0.3 is 0 Å². The van der Waals surface area contributed by atoms with Crippen LogP contribution < -0.4 is 4.90 Å². The third-order valence-electron chi connectivity index (χ3n) is 3.10. The van der Waals surface area contributed by atoms with E-state index in [0.717, 1.165) is 33.5 Å². The van der Waals surface area contributed by atoms with E-state index in [1.807, 2.05) is 24.3 Å². The zero-order valence-electron chi connectivity index (χ0n) is 11.5. The number of nitrogens with zero attached hydrogens (tertiary/aromatic N) is 3. The molecule has 1 saturated carbocycles. The van der Waals surface area contributed by atoms with Crippen molar-refractivity contribution in [2.45, 2.75) is 35.9 Å². The summed E-state index contributed by atoms with van der Waals surface area (Å²) in [5, 5.41) is 9.77. The molecule has 1 aromatic carbocycles. The van der Waals surface area contributed by atoms with Crippen LogP contribution in [0.3, 0.4) is 0 Å². The number of rotatable bonds is 5. The number of hydrogen-bond donors (Lipinski definition) is 0. The predicted molar refractivity (Wildman–Crippen MR) is 87.1 cm³/mol. The molecule has 0 atom stereocenters. The smallest absolute Gasteiger partial charge is 0.225 e. The number of carbonyl (C=O) groups is 1. The summed E-state index contributed by atoms with van der Waals surface area (Å²) in [6.45, 7) is 1.58. The van der Waals surface area contributed by atoms with Gasteiger partial charge in [0.1, 0.15) is 0 Å². The van der Waals surface area contributed by atoms with Gasteiger partial charge in [-0.05, 0) is 30.5 Å². The van der Waals surface area contributed by atoms with Gasteiger partial charge in [0, 0.05) is 23.7 Å². The van der Waals surface area contributed by atoms with Crippen molar-refractivity contribution in [1.29, 1.82) is 0 Å².